The molecule has 0 spiro atoms. The van der Waals surface area contributed by atoms with Crippen LogP contribution in [0.25, 0.3) is 0 Å². The first-order chi connectivity index (χ1) is 15.6. The molecule has 2 aromatic carbocycles. The van der Waals surface area contributed by atoms with Crippen molar-refractivity contribution < 1.29 is 27.2 Å². The van der Waals surface area contributed by atoms with E-state index >= 15 is 0 Å². The molecule has 9 heteroatoms. The molecule has 2 atom stereocenters. The molecule has 2 aliphatic heterocycles. The molecule has 0 aliphatic carbocycles. The molecule has 0 bridgehead atoms. The number of piperidine rings is 2. The van der Waals surface area contributed by atoms with E-state index in [0.29, 0.717) is 50.9 Å². The lowest BCUT2D eigenvalue weighted by molar-refractivity contribution is -0.140. The van der Waals surface area contributed by atoms with Gasteiger partial charge in [-0.05, 0) is 55.0 Å². The van der Waals surface area contributed by atoms with Crippen LogP contribution in [-0.2, 0) is 17.4 Å². The van der Waals surface area contributed by atoms with Crippen LogP contribution in [0.5, 0.6) is 0 Å². The maximum absolute atomic E-state index is 14.0. The van der Waals surface area contributed by atoms with E-state index < -0.39 is 17.6 Å². The van der Waals surface area contributed by atoms with Gasteiger partial charge in [-0.15, -0.1) is 0 Å². The fourth-order valence-electron chi connectivity index (χ4n) is 4.80. The molecule has 2 saturated heterocycles. The van der Waals surface area contributed by atoms with E-state index in [-0.39, 0.29) is 34.3 Å². The molecule has 176 valence electrons. The van der Waals surface area contributed by atoms with Crippen LogP contribution >= 0.6 is 11.6 Å². The molecule has 0 unspecified atom stereocenters. The average Bonchev–Trinajstić information content (AvgIpc) is 2.78. The first-order valence-corrected chi connectivity index (χ1v) is 11.2. The van der Waals surface area contributed by atoms with Crippen LogP contribution in [0.4, 0.5) is 17.6 Å². The van der Waals surface area contributed by atoms with Crippen molar-refractivity contribution in [2.24, 2.45) is 5.92 Å². The number of hydrogen-bond acceptors (Lipinski definition) is 2. The monoisotopic (exact) mass is 482 g/mol. The summed E-state index contributed by atoms with van der Waals surface area (Å²) in [6.45, 7) is 1.02. The van der Waals surface area contributed by atoms with Crippen LogP contribution in [0.2, 0.25) is 5.02 Å². The molecule has 0 radical (unpaired) electrons. The number of likely N-dealkylation sites (tertiary alicyclic amines) is 2. The van der Waals surface area contributed by atoms with E-state index in [0.717, 1.165) is 18.2 Å². The van der Waals surface area contributed by atoms with Crippen molar-refractivity contribution in [2.45, 2.75) is 37.9 Å². The van der Waals surface area contributed by atoms with Gasteiger partial charge in [0.05, 0.1) is 16.1 Å². The molecule has 0 N–H and O–H groups in total. The van der Waals surface area contributed by atoms with Crippen LogP contribution in [0.1, 0.15) is 40.7 Å². The molecule has 4 rings (SSSR count). The van der Waals surface area contributed by atoms with Crippen molar-refractivity contribution in [2.75, 3.05) is 19.6 Å². The van der Waals surface area contributed by atoms with Gasteiger partial charge in [-0.1, -0.05) is 29.8 Å². The SMILES string of the molecule is O=C(c1cc(C(F)(F)F)ccc1Cl)N1CC[C@H]2[C@H](CCC(=O)N2CCc2ccccc2F)C1. The van der Waals surface area contributed by atoms with E-state index in [2.05, 4.69) is 0 Å². The molecule has 0 saturated carbocycles. The second kappa shape index (κ2) is 9.33. The van der Waals surface area contributed by atoms with Gasteiger partial charge >= 0.3 is 6.18 Å². The summed E-state index contributed by atoms with van der Waals surface area (Å²) < 4.78 is 53.3. The topological polar surface area (TPSA) is 40.6 Å². The summed E-state index contributed by atoms with van der Waals surface area (Å²) in [5.41, 5.74) is -0.555. The van der Waals surface area contributed by atoms with Crippen LogP contribution in [0, 0.1) is 11.7 Å². The number of rotatable bonds is 4. The normalized spacial score (nSPS) is 21.2. The number of nitrogens with zero attached hydrogens (tertiary/aromatic N) is 2. The Morgan fingerprint density at radius 3 is 2.61 bits per heavy atom. The molecule has 4 nitrogen and oxygen atoms in total. The van der Waals surface area contributed by atoms with E-state index in [1.807, 2.05) is 0 Å². The van der Waals surface area contributed by atoms with Crippen LogP contribution < -0.4 is 0 Å². The molecule has 2 amide bonds. The Bertz CT molecular complexity index is 1060. The quantitative estimate of drug-likeness (QED) is 0.562. The highest BCUT2D eigenvalue weighted by Crippen LogP contribution is 2.35. The largest absolute Gasteiger partial charge is 0.416 e. The van der Waals surface area contributed by atoms with Gasteiger partial charge in [0.15, 0.2) is 0 Å². The maximum Gasteiger partial charge on any atom is 0.416 e. The molecule has 2 heterocycles. The molecule has 33 heavy (non-hydrogen) atoms. The Kier molecular flexibility index (Phi) is 6.66. The minimum atomic E-state index is -4.57. The highest BCUT2D eigenvalue weighted by Gasteiger charge is 2.41. The van der Waals surface area contributed by atoms with Crippen molar-refractivity contribution in [3.63, 3.8) is 0 Å². The third-order valence-corrected chi connectivity index (χ3v) is 6.86. The zero-order valence-electron chi connectivity index (χ0n) is 17.7. The summed E-state index contributed by atoms with van der Waals surface area (Å²) in [5, 5.41) is -0.0274. The molecule has 2 aliphatic rings. The third kappa shape index (κ3) is 5.00. The molecular weight excluding hydrogens is 460 g/mol. The van der Waals surface area contributed by atoms with Gasteiger partial charge in [-0.25, -0.2) is 4.39 Å². The number of alkyl halides is 3. The number of fused-ring (bicyclic) bond motifs is 1. The summed E-state index contributed by atoms with van der Waals surface area (Å²) in [6.07, 6.45) is -2.75. The van der Waals surface area contributed by atoms with Crippen LogP contribution in [0.15, 0.2) is 42.5 Å². The van der Waals surface area contributed by atoms with Gasteiger partial charge < -0.3 is 9.80 Å². The van der Waals surface area contributed by atoms with Gasteiger partial charge in [-0.3, -0.25) is 9.59 Å². The molecule has 0 aromatic heterocycles. The van der Waals surface area contributed by atoms with Crippen molar-refractivity contribution in [3.05, 3.63) is 70.0 Å². The number of halogens is 5. The third-order valence-electron chi connectivity index (χ3n) is 6.53. The highest BCUT2D eigenvalue weighted by molar-refractivity contribution is 6.33. The fraction of sp³-hybridized carbons (Fsp3) is 0.417. The minimum absolute atomic E-state index is 0.00518. The Labute approximate surface area is 194 Å². The smallest absolute Gasteiger partial charge is 0.339 e. The Hall–Kier alpha value is -2.61. The lowest BCUT2D eigenvalue weighted by Gasteiger charge is -2.47. The fourth-order valence-corrected chi connectivity index (χ4v) is 5.00. The summed E-state index contributed by atoms with van der Waals surface area (Å²) in [7, 11) is 0. The van der Waals surface area contributed by atoms with Crippen molar-refractivity contribution in [3.8, 4) is 0 Å². The number of amides is 2. The number of hydrogen-bond donors (Lipinski definition) is 0. The zero-order chi connectivity index (χ0) is 23.8. The standard InChI is InChI=1S/C24H23ClF4N2O2/c25-19-7-6-17(24(27,28)29)13-18(19)23(33)30-11-10-21-16(14-30)5-8-22(32)31(21)12-9-15-3-1-2-4-20(15)26/h1-4,6-7,13,16,21H,5,8-12,14H2/t16-,21+/m1/s1. The van der Waals surface area contributed by atoms with Crippen molar-refractivity contribution in [1.82, 2.24) is 9.80 Å². The maximum atomic E-state index is 14.0. The lowest BCUT2D eigenvalue weighted by atomic mass is 9.83. The van der Waals surface area contributed by atoms with E-state index in [9.17, 15) is 27.2 Å². The lowest BCUT2D eigenvalue weighted by Crippen LogP contribution is -2.57. The molecular formula is C24H23ClF4N2O2. The number of carbonyl (C=O) groups is 2. The minimum Gasteiger partial charge on any atom is -0.339 e. The van der Waals surface area contributed by atoms with Crippen molar-refractivity contribution >= 4 is 23.4 Å². The van der Waals surface area contributed by atoms with Gasteiger partial charge in [-0.2, -0.15) is 13.2 Å². The Morgan fingerprint density at radius 1 is 1.12 bits per heavy atom. The first kappa shape index (κ1) is 23.5. The zero-order valence-corrected chi connectivity index (χ0v) is 18.5. The van der Waals surface area contributed by atoms with E-state index in [4.69, 9.17) is 11.6 Å². The summed E-state index contributed by atoms with van der Waals surface area (Å²) >= 11 is 6.05. The van der Waals surface area contributed by atoms with Crippen LogP contribution in [-0.4, -0.2) is 47.3 Å². The predicted molar refractivity (Wildman–Crippen MR) is 115 cm³/mol. The summed E-state index contributed by atoms with van der Waals surface area (Å²) in [5.74, 6) is -0.838. The van der Waals surface area contributed by atoms with Crippen molar-refractivity contribution in [1.29, 1.82) is 0 Å². The number of benzene rings is 2. The van der Waals surface area contributed by atoms with E-state index in [1.54, 1.807) is 23.1 Å². The van der Waals surface area contributed by atoms with Crippen LogP contribution in [0.3, 0.4) is 0 Å². The second-order valence-corrected chi connectivity index (χ2v) is 8.93. The molecule has 2 aromatic rings. The summed E-state index contributed by atoms with van der Waals surface area (Å²) in [6, 6.07) is 9.10. The number of carbonyl (C=O) groups excluding carboxylic acids is 2. The van der Waals surface area contributed by atoms with E-state index in [1.165, 1.54) is 11.0 Å². The summed E-state index contributed by atoms with van der Waals surface area (Å²) in [4.78, 5) is 28.9. The highest BCUT2D eigenvalue weighted by atomic mass is 35.5. The average molecular weight is 483 g/mol. The first-order valence-electron chi connectivity index (χ1n) is 10.8. The van der Waals surface area contributed by atoms with Gasteiger partial charge in [0.2, 0.25) is 5.91 Å². The predicted octanol–water partition coefficient (Wildman–Crippen LogP) is 5.19. The molecule has 2 fully saturated rings. The Morgan fingerprint density at radius 2 is 1.88 bits per heavy atom. The van der Waals surface area contributed by atoms with Gasteiger partial charge in [0.1, 0.15) is 5.82 Å². The van der Waals surface area contributed by atoms with Gasteiger partial charge in [0.25, 0.3) is 5.91 Å². The van der Waals surface area contributed by atoms with Gasteiger partial charge in [0, 0.05) is 32.1 Å². The second-order valence-electron chi connectivity index (χ2n) is 8.53. The Balaban J connectivity index is 1.46.